The molecule has 2 aromatic rings. The average molecular weight is 356 g/mol. The van der Waals surface area contributed by atoms with Gasteiger partial charge >= 0.3 is 0 Å². The van der Waals surface area contributed by atoms with Crippen LogP contribution in [-0.2, 0) is 4.79 Å². The molecule has 0 fully saturated rings. The van der Waals surface area contributed by atoms with E-state index in [4.69, 9.17) is 5.73 Å². The summed E-state index contributed by atoms with van der Waals surface area (Å²) in [5.74, 6) is -0.488. The average Bonchev–Trinajstić information content (AvgIpc) is 2.63. The number of nitrogens with two attached hydrogens (primary N) is 1. The lowest BCUT2D eigenvalue weighted by Crippen LogP contribution is -2.24. The Morgan fingerprint density at radius 2 is 1.63 bits per heavy atom. The molecule has 0 aliphatic heterocycles. The van der Waals surface area contributed by atoms with Crippen LogP contribution in [0.4, 0.5) is 0 Å². The molecule has 3 nitrogen and oxygen atoms in total. The van der Waals surface area contributed by atoms with E-state index in [1.54, 1.807) is 6.08 Å². The minimum atomic E-state index is -0.488. The third kappa shape index (κ3) is 3.98. The van der Waals surface area contributed by atoms with Crippen molar-refractivity contribution in [2.24, 2.45) is 10.7 Å². The Morgan fingerprint density at radius 3 is 2.22 bits per heavy atom. The molecule has 1 aliphatic rings. The molecule has 27 heavy (non-hydrogen) atoms. The fourth-order valence-electron chi connectivity index (χ4n) is 3.20. The molecule has 0 heterocycles. The molecule has 2 N–H and O–H groups in total. The first kappa shape index (κ1) is 18.6. The van der Waals surface area contributed by atoms with E-state index in [1.807, 2.05) is 32.1 Å². The number of allylic oxidation sites excluding steroid dienone is 4. The number of benzene rings is 2. The maximum absolute atomic E-state index is 12.0. The molecule has 0 bridgehead atoms. The molecule has 0 spiro atoms. The molecule has 0 saturated carbocycles. The number of primary amides is 1. The van der Waals surface area contributed by atoms with E-state index < -0.39 is 5.91 Å². The first-order valence-electron chi connectivity index (χ1n) is 9.04. The molecule has 1 aliphatic carbocycles. The van der Waals surface area contributed by atoms with Gasteiger partial charge in [-0.1, -0.05) is 55.1 Å². The second kappa shape index (κ2) is 7.58. The van der Waals surface area contributed by atoms with Crippen LogP contribution in [0.5, 0.6) is 0 Å². The van der Waals surface area contributed by atoms with Gasteiger partial charge in [0, 0.05) is 6.04 Å². The predicted octanol–water partition coefficient (Wildman–Crippen LogP) is 4.88. The molecule has 0 saturated heterocycles. The van der Waals surface area contributed by atoms with E-state index in [1.165, 1.54) is 11.1 Å². The molecule has 0 atom stereocenters. The molecular weight excluding hydrogens is 332 g/mol. The van der Waals surface area contributed by atoms with Crippen molar-refractivity contribution in [1.82, 2.24) is 0 Å². The van der Waals surface area contributed by atoms with Crippen molar-refractivity contribution >= 4 is 17.2 Å². The lowest BCUT2D eigenvalue weighted by molar-refractivity contribution is -0.114. The Labute approximate surface area is 160 Å². The summed E-state index contributed by atoms with van der Waals surface area (Å²) in [6, 6.07) is 16.7. The number of rotatable bonds is 4. The summed E-state index contributed by atoms with van der Waals surface area (Å²) in [6.45, 7) is 10.1. The van der Waals surface area contributed by atoms with Crippen molar-refractivity contribution in [3.8, 4) is 11.1 Å². The fraction of sp³-hybridized carbons (Fsp3) is 0.167. The second-order valence-corrected chi connectivity index (χ2v) is 7.01. The third-order valence-corrected chi connectivity index (χ3v) is 4.52. The highest BCUT2D eigenvalue weighted by molar-refractivity contribution is 6.31. The third-order valence-electron chi connectivity index (χ3n) is 4.52. The first-order chi connectivity index (χ1) is 12.9. The monoisotopic (exact) mass is 356 g/mol. The van der Waals surface area contributed by atoms with Gasteiger partial charge in [0.1, 0.15) is 0 Å². The fourth-order valence-corrected chi connectivity index (χ4v) is 3.20. The van der Waals surface area contributed by atoms with Crippen molar-refractivity contribution in [1.29, 1.82) is 0 Å². The van der Waals surface area contributed by atoms with E-state index >= 15 is 0 Å². The number of amides is 1. The van der Waals surface area contributed by atoms with Gasteiger partial charge in [-0.3, -0.25) is 9.79 Å². The number of carbonyl (C=O) groups is 1. The van der Waals surface area contributed by atoms with Gasteiger partial charge in [0.2, 0.25) is 0 Å². The highest BCUT2D eigenvalue weighted by atomic mass is 16.1. The van der Waals surface area contributed by atoms with Crippen molar-refractivity contribution in [2.45, 2.75) is 26.8 Å². The minimum absolute atomic E-state index is 0.0582. The first-order valence-corrected chi connectivity index (χ1v) is 9.04. The van der Waals surface area contributed by atoms with Gasteiger partial charge in [0.15, 0.2) is 0 Å². The number of aliphatic imine (C=N–C) groups is 1. The van der Waals surface area contributed by atoms with Gasteiger partial charge in [-0.15, -0.1) is 0 Å². The summed E-state index contributed by atoms with van der Waals surface area (Å²) < 4.78 is 0. The van der Waals surface area contributed by atoms with E-state index in [0.29, 0.717) is 16.9 Å². The Hall–Kier alpha value is -3.20. The zero-order chi connectivity index (χ0) is 19.6. The molecule has 0 unspecified atom stereocenters. The van der Waals surface area contributed by atoms with Crippen LogP contribution in [0, 0.1) is 6.92 Å². The maximum Gasteiger partial charge on any atom is 0.250 e. The van der Waals surface area contributed by atoms with E-state index in [0.717, 1.165) is 16.7 Å². The van der Waals surface area contributed by atoms with Gasteiger partial charge in [0.05, 0.1) is 11.3 Å². The molecule has 3 rings (SSSR count). The summed E-state index contributed by atoms with van der Waals surface area (Å²) in [7, 11) is 0. The quantitative estimate of drug-likeness (QED) is 0.834. The highest BCUT2D eigenvalue weighted by Gasteiger charge is 2.21. The Bertz CT molecular complexity index is 989. The lowest BCUT2D eigenvalue weighted by Gasteiger charge is -2.18. The molecule has 0 radical (unpaired) electrons. The van der Waals surface area contributed by atoms with Crippen molar-refractivity contribution in [2.75, 3.05) is 0 Å². The van der Waals surface area contributed by atoms with Crippen LogP contribution in [0.25, 0.3) is 16.7 Å². The summed E-state index contributed by atoms with van der Waals surface area (Å²) in [4.78, 5) is 16.5. The SMILES string of the molecule is C=C1C=C(c2ccc(-c3ccccc3C)cc2)C=C(C(N)=O)/C1=N/C(C)C. The molecule has 2 aromatic carbocycles. The Balaban J connectivity index is 1.98. The predicted molar refractivity (Wildman–Crippen MR) is 114 cm³/mol. The van der Waals surface area contributed by atoms with E-state index in [2.05, 4.69) is 54.9 Å². The van der Waals surface area contributed by atoms with Gasteiger partial charge < -0.3 is 5.73 Å². The number of hydrogen-bond donors (Lipinski definition) is 1. The van der Waals surface area contributed by atoms with Gasteiger partial charge in [-0.25, -0.2) is 0 Å². The minimum Gasteiger partial charge on any atom is -0.366 e. The van der Waals surface area contributed by atoms with Crippen LogP contribution in [0.1, 0.15) is 25.0 Å². The van der Waals surface area contributed by atoms with Crippen molar-refractivity contribution < 1.29 is 4.79 Å². The Morgan fingerprint density at radius 1 is 1.00 bits per heavy atom. The summed E-state index contributed by atoms with van der Waals surface area (Å²) >= 11 is 0. The second-order valence-electron chi connectivity index (χ2n) is 7.01. The normalized spacial score (nSPS) is 15.7. The number of aryl methyl sites for hydroxylation is 1. The van der Waals surface area contributed by atoms with E-state index in [-0.39, 0.29) is 6.04 Å². The van der Waals surface area contributed by atoms with E-state index in [9.17, 15) is 4.79 Å². The van der Waals surface area contributed by atoms with Gasteiger partial charge in [-0.05, 0) is 66.3 Å². The summed E-state index contributed by atoms with van der Waals surface area (Å²) in [6.07, 6.45) is 3.76. The van der Waals surface area contributed by atoms with Gasteiger partial charge in [-0.2, -0.15) is 0 Å². The number of hydrogen-bond acceptors (Lipinski definition) is 2. The zero-order valence-electron chi connectivity index (χ0n) is 16.0. The van der Waals surface area contributed by atoms with Crippen LogP contribution in [0.3, 0.4) is 0 Å². The summed E-state index contributed by atoms with van der Waals surface area (Å²) in [5.41, 5.74) is 12.8. The molecule has 136 valence electrons. The zero-order valence-corrected chi connectivity index (χ0v) is 16.0. The van der Waals surface area contributed by atoms with Crippen LogP contribution in [-0.4, -0.2) is 17.7 Å². The number of nitrogens with zero attached hydrogens (tertiary/aromatic N) is 1. The number of carbonyl (C=O) groups excluding carboxylic acids is 1. The lowest BCUT2D eigenvalue weighted by atomic mass is 9.89. The largest absolute Gasteiger partial charge is 0.366 e. The molecule has 1 amide bonds. The van der Waals surface area contributed by atoms with Crippen LogP contribution < -0.4 is 5.73 Å². The standard InChI is InChI=1S/C24H24N2O/c1-15(2)26-23-17(4)13-20(14-22(23)24(25)27)18-9-11-19(12-10-18)21-8-6-5-7-16(21)3/h5-15H,4H2,1-3H3,(H2,25,27)/b26-23+. The van der Waals surface area contributed by atoms with Crippen molar-refractivity contribution in [3.63, 3.8) is 0 Å². The van der Waals surface area contributed by atoms with Gasteiger partial charge in [0.25, 0.3) is 5.91 Å². The molecule has 3 heteroatoms. The summed E-state index contributed by atoms with van der Waals surface area (Å²) in [5, 5.41) is 0. The molecule has 0 aromatic heterocycles. The van der Waals surface area contributed by atoms with Crippen molar-refractivity contribution in [3.05, 3.63) is 89.5 Å². The van der Waals surface area contributed by atoms with Crippen LogP contribution >= 0.6 is 0 Å². The maximum atomic E-state index is 12.0. The topological polar surface area (TPSA) is 55.5 Å². The Kier molecular flexibility index (Phi) is 5.22. The van der Waals surface area contributed by atoms with Crippen LogP contribution in [0.2, 0.25) is 0 Å². The highest BCUT2D eigenvalue weighted by Crippen LogP contribution is 2.29. The van der Waals surface area contributed by atoms with Crippen LogP contribution in [0.15, 0.2) is 83.4 Å². The molecular formula is C24H24N2O. The smallest absolute Gasteiger partial charge is 0.250 e.